The lowest BCUT2D eigenvalue weighted by molar-refractivity contribution is 0.502. The summed E-state index contributed by atoms with van der Waals surface area (Å²) in [5, 5.41) is 0. The Morgan fingerprint density at radius 2 is 2.22 bits per heavy atom. The molecule has 0 spiro atoms. The van der Waals surface area contributed by atoms with Crippen LogP contribution in [0.1, 0.15) is 17.3 Å². The van der Waals surface area contributed by atoms with E-state index in [2.05, 4.69) is 10.4 Å². The number of imidazole rings is 1. The first-order valence-electron chi connectivity index (χ1n) is 5.48. The van der Waals surface area contributed by atoms with Crippen molar-refractivity contribution in [3.05, 3.63) is 53.6 Å². The van der Waals surface area contributed by atoms with Crippen LogP contribution in [0.25, 0.3) is 0 Å². The van der Waals surface area contributed by atoms with Gasteiger partial charge in [-0.25, -0.2) is 13.8 Å². The molecule has 1 heterocycles. The van der Waals surface area contributed by atoms with Crippen molar-refractivity contribution in [3.8, 4) is 0 Å². The van der Waals surface area contributed by atoms with E-state index in [1.54, 1.807) is 17.1 Å². The molecular weight excluding hydrogens is 238 g/mol. The molecule has 4 nitrogen and oxygen atoms in total. The minimum Gasteiger partial charge on any atom is -0.336 e. The normalized spacial score (nSPS) is 12.7. The van der Waals surface area contributed by atoms with Crippen LogP contribution in [0.4, 0.5) is 8.78 Å². The number of aromatic nitrogens is 2. The maximum atomic E-state index is 13.6. The van der Waals surface area contributed by atoms with Gasteiger partial charge in [-0.15, -0.1) is 0 Å². The van der Waals surface area contributed by atoms with Gasteiger partial charge >= 0.3 is 0 Å². The molecule has 0 saturated carbocycles. The summed E-state index contributed by atoms with van der Waals surface area (Å²) in [6.07, 6.45) is 3.52. The highest BCUT2D eigenvalue weighted by molar-refractivity contribution is 5.21. The number of aryl methyl sites for hydroxylation is 1. The minimum atomic E-state index is -0.466. The Morgan fingerprint density at radius 3 is 2.83 bits per heavy atom. The molecule has 0 radical (unpaired) electrons. The first kappa shape index (κ1) is 12.7. The summed E-state index contributed by atoms with van der Waals surface area (Å²) in [5.41, 5.74) is 3.67. The molecule has 0 fully saturated rings. The van der Waals surface area contributed by atoms with Gasteiger partial charge in [-0.05, 0) is 30.2 Å². The first-order valence-corrected chi connectivity index (χ1v) is 5.48. The van der Waals surface area contributed by atoms with E-state index < -0.39 is 11.6 Å². The number of hydrazine groups is 1. The van der Waals surface area contributed by atoms with Crippen LogP contribution in [-0.2, 0) is 13.5 Å². The Kier molecular flexibility index (Phi) is 3.69. The maximum Gasteiger partial charge on any atom is 0.126 e. The van der Waals surface area contributed by atoms with Gasteiger partial charge in [0.1, 0.15) is 11.6 Å². The van der Waals surface area contributed by atoms with Crippen LogP contribution in [0, 0.1) is 11.6 Å². The number of nitrogens with zero attached hydrogens (tertiary/aromatic N) is 2. The van der Waals surface area contributed by atoms with Gasteiger partial charge in [0.05, 0.1) is 18.1 Å². The molecule has 0 aliphatic carbocycles. The van der Waals surface area contributed by atoms with E-state index in [-0.39, 0.29) is 18.0 Å². The topological polar surface area (TPSA) is 55.9 Å². The van der Waals surface area contributed by atoms with Crippen molar-refractivity contribution in [2.75, 3.05) is 0 Å². The summed E-state index contributed by atoms with van der Waals surface area (Å²) in [5.74, 6) is 4.55. The molecule has 2 rings (SSSR count). The van der Waals surface area contributed by atoms with Gasteiger partial charge in [-0.1, -0.05) is 0 Å². The fourth-order valence-corrected chi connectivity index (χ4v) is 1.87. The molecule has 1 atom stereocenters. The van der Waals surface area contributed by atoms with Crippen molar-refractivity contribution >= 4 is 0 Å². The van der Waals surface area contributed by atoms with Crippen LogP contribution >= 0.6 is 0 Å². The predicted octanol–water partition coefficient (Wildman–Crippen LogP) is 1.45. The molecule has 1 unspecified atom stereocenters. The number of hydrogen-bond acceptors (Lipinski definition) is 3. The summed E-state index contributed by atoms with van der Waals surface area (Å²) in [6, 6.07) is 3.06. The third-order valence-electron chi connectivity index (χ3n) is 2.84. The van der Waals surface area contributed by atoms with E-state index in [4.69, 9.17) is 5.84 Å². The number of benzene rings is 1. The highest BCUT2D eigenvalue weighted by Crippen LogP contribution is 2.19. The summed E-state index contributed by atoms with van der Waals surface area (Å²) in [6.45, 7) is 0. The second-order valence-corrected chi connectivity index (χ2v) is 4.09. The van der Waals surface area contributed by atoms with Crippen molar-refractivity contribution in [1.29, 1.82) is 0 Å². The van der Waals surface area contributed by atoms with Crippen LogP contribution in [0.3, 0.4) is 0 Å². The molecule has 0 aliphatic rings. The summed E-state index contributed by atoms with van der Waals surface area (Å²) < 4.78 is 28.4. The maximum absolute atomic E-state index is 13.6. The van der Waals surface area contributed by atoms with Crippen LogP contribution < -0.4 is 11.3 Å². The van der Waals surface area contributed by atoms with Crippen LogP contribution in [0.15, 0.2) is 30.7 Å². The summed E-state index contributed by atoms with van der Waals surface area (Å²) >= 11 is 0. The molecular formula is C12H14F2N4. The Morgan fingerprint density at radius 1 is 1.44 bits per heavy atom. The molecule has 18 heavy (non-hydrogen) atoms. The lowest BCUT2D eigenvalue weighted by Gasteiger charge is -2.16. The van der Waals surface area contributed by atoms with Crippen molar-refractivity contribution in [2.24, 2.45) is 12.9 Å². The second-order valence-electron chi connectivity index (χ2n) is 4.09. The van der Waals surface area contributed by atoms with Gasteiger partial charge in [0.25, 0.3) is 0 Å². The molecule has 96 valence electrons. The number of nitrogens with two attached hydrogens (primary N) is 1. The summed E-state index contributed by atoms with van der Waals surface area (Å²) in [4.78, 5) is 3.97. The lowest BCUT2D eigenvalue weighted by atomic mass is 10.0. The van der Waals surface area contributed by atoms with Gasteiger partial charge in [0, 0.05) is 13.2 Å². The third kappa shape index (κ3) is 2.55. The van der Waals surface area contributed by atoms with E-state index in [9.17, 15) is 8.78 Å². The predicted molar refractivity (Wildman–Crippen MR) is 63.3 cm³/mol. The first-order chi connectivity index (χ1) is 8.61. The molecule has 0 bridgehead atoms. The molecule has 0 aliphatic heterocycles. The lowest BCUT2D eigenvalue weighted by Crippen LogP contribution is -2.31. The Bertz CT molecular complexity index is 539. The standard InChI is InChI=1S/C12H14F2N4/c1-18-7-16-6-12(18)11(17-15)5-8-4-9(13)2-3-10(8)14/h2-4,6-7,11,17H,5,15H2,1H3. The Balaban J connectivity index is 2.26. The van der Waals surface area contributed by atoms with Gasteiger partial charge in [0.2, 0.25) is 0 Å². The Labute approximate surface area is 103 Å². The third-order valence-corrected chi connectivity index (χ3v) is 2.84. The minimum absolute atomic E-state index is 0.250. The van der Waals surface area contributed by atoms with E-state index in [0.29, 0.717) is 0 Å². The number of nitrogens with one attached hydrogen (secondary N) is 1. The molecule has 2 aromatic rings. The average molecular weight is 252 g/mol. The van der Waals surface area contributed by atoms with E-state index in [0.717, 1.165) is 17.8 Å². The number of hydrogen-bond donors (Lipinski definition) is 2. The highest BCUT2D eigenvalue weighted by atomic mass is 19.1. The van der Waals surface area contributed by atoms with Gasteiger partial charge < -0.3 is 4.57 Å². The average Bonchev–Trinajstić information content (AvgIpc) is 2.77. The zero-order chi connectivity index (χ0) is 13.1. The molecule has 0 saturated heterocycles. The van der Waals surface area contributed by atoms with E-state index in [1.165, 1.54) is 6.07 Å². The summed E-state index contributed by atoms with van der Waals surface area (Å²) in [7, 11) is 1.81. The van der Waals surface area contributed by atoms with E-state index in [1.807, 2.05) is 7.05 Å². The van der Waals surface area contributed by atoms with Crippen molar-refractivity contribution in [3.63, 3.8) is 0 Å². The van der Waals surface area contributed by atoms with Gasteiger partial charge in [-0.3, -0.25) is 11.3 Å². The molecule has 6 heteroatoms. The fourth-order valence-electron chi connectivity index (χ4n) is 1.87. The van der Waals surface area contributed by atoms with E-state index >= 15 is 0 Å². The van der Waals surface area contributed by atoms with Crippen LogP contribution in [0.2, 0.25) is 0 Å². The smallest absolute Gasteiger partial charge is 0.126 e. The van der Waals surface area contributed by atoms with Crippen molar-refractivity contribution in [2.45, 2.75) is 12.5 Å². The molecule has 1 aromatic heterocycles. The van der Waals surface area contributed by atoms with Crippen molar-refractivity contribution in [1.82, 2.24) is 15.0 Å². The van der Waals surface area contributed by atoms with Crippen LogP contribution in [0.5, 0.6) is 0 Å². The molecule has 0 amide bonds. The van der Waals surface area contributed by atoms with Gasteiger partial charge in [0.15, 0.2) is 0 Å². The van der Waals surface area contributed by atoms with Crippen molar-refractivity contribution < 1.29 is 8.78 Å². The monoisotopic (exact) mass is 252 g/mol. The zero-order valence-electron chi connectivity index (χ0n) is 9.90. The zero-order valence-corrected chi connectivity index (χ0v) is 9.90. The SMILES string of the molecule is Cn1cncc1C(Cc1cc(F)ccc1F)NN. The Hall–Kier alpha value is -1.79. The highest BCUT2D eigenvalue weighted by Gasteiger charge is 2.16. The number of rotatable bonds is 4. The number of halogens is 2. The molecule has 1 aromatic carbocycles. The van der Waals surface area contributed by atoms with Crippen LogP contribution in [-0.4, -0.2) is 9.55 Å². The largest absolute Gasteiger partial charge is 0.336 e. The molecule has 3 N–H and O–H groups in total. The van der Waals surface area contributed by atoms with Gasteiger partial charge in [-0.2, -0.15) is 0 Å². The quantitative estimate of drug-likeness (QED) is 0.639. The fraction of sp³-hybridized carbons (Fsp3) is 0.250. The second kappa shape index (κ2) is 5.24.